The van der Waals surface area contributed by atoms with Crippen molar-refractivity contribution in [1.29, 1.82) is 0 Å². The molecular weight excluding hydrogens is 280 g/mol. The van der Waals surface area contributed by atoms with Gasteiger partial charge in [0.05, 0.1) is 0 Å². The molecule has 0 spiro atoms. The Morgan fingerprint density at radius 1 is 0.696 bits per heavy atom. The van der Waals surface area contributed by atoms with Crippen LogP contribution in [0.5, 0.6) is 0 Å². The van der Waals surface area contributed by atoms with Crippen LogP contribution in [0.25, 0.3) is 0 Å². The molecule has 1 heteroatoms. The van der Waals surface area contributed by atoms with E-state index >= 15 is 0 Å². The van der Waals surface area contributed by atoms with E-state index in [0.29, 0.717) is 17.8 Å². The summed E-state index contributed by atoms with van der Waals surface area (Å²) in [7, 11) is 0. The fourth-order valence-electron chi connectivity index (χ4n) is 2.95. The third-order valence-electron chi connectivity index (χ3n) is 4.41. The van der Waals surface area contributed by atoms with Crippen LogP contribution < -0.4 is 0 Å². The predicted molar refractivity (Wildman–Crippen MR) is 98.6 cm³/mol. The molecule has 0 bridgehead atoms. The molecule has 2 aromatic rings. The van der Waals surface area contributed by atoms with Crippen molar-refractivity contribution in [2.24, 2.45) is 0 Å². The van der Waals surface area contributed by atoms with Crippen molar-refractivity contribution in [3.63, 3.8) is 0 Å². The van der Waals surface area contributed by atoms with Gasteiger partial charge in [-0.2, -0.15) is 0 Å². The summed E-state index contributed by atoms with van der Waals surface area (Å²) in [6.45, 7) is 13.1. The molecule has 0 aliphatic heterocycles. The zero-order valence-corrected chi connectivity index (χ0v) is 15.2. The van der Waals surface area contributed by atoms with Crippen molar-refractivity contribution in [3.05, 3.63) is 70.3 Å². The molecular formula is C22H28O. The highest BCUT2D eigenvalue weighted by Crippen LogP contribution is 2.28. The molecule has 1 nitrogen and oxygen atoms in total. The minimum atomic E-state index is 0.115. The number of rotatable bonds is 5. The Morgan fingerprint density at radius 3 is 1.87 bits per heavy atom. The average molecular weight is 308 g/mol. The molecule has 23 heavy (non-hydrogen) atoms. The molecule has 2 aromatic carbocycles. The van der Waals surface area contributed by atoms with Gasteiger partial charge in [-0.15, -0.1) is 0 Å². The lowest BCUT2D eigenvalue weighted by atomic mass is 9.87. The second-order valence-electron chi connectivity index (χ2n) is 7.26. The topological polar surface area (TPSA) is 17.1 Å². The highest BCUT2D eigenvalue weighted by Gasteiger charge is 2.15. The Bertz CT molecular complexity index is 693. The summed E-state index contributed by atoms with van der Waals surface area (Å²) in [6, 6.07) is 14.2. The molecule has 0 radical (unpaired) electrons. The monoisotopic (exact) mass is 308 g/mol. The van der Waals surface area contributed by atoms with Crippen LogP contribution in [0, 0.1) is 0 Å². The van der Waals surface area contributed by atoms with Crippen LogP contribution >= 0.6 is 0 Å². The van der Waals surface area contributed by atoms with Gasteiger partial charge < -0.3 is 0 Å². The van der Waals surface area contributed by atoms with Crippen molar-refractivity contribution < 1.29 is 4.79 Å². The Kier molecular flexibility index (Phi) is 5.41. The summed E-state index contributed by atoms with van der Waals surface area (Å²) in [6.07, 6.45) is 0. The summed E-state index contributed by atoms with van der Waals surface area (Å²) in [5.74, 6) is 1.44. The van der Waals surface area contributed by atoms with E-state index < -0.39 is 0 Å². The van der Waals surface area contributed by atoms with Gasteiger partial charge in [-0.1, -0.05) is 71.9 Å². The third kappa shape index (κ3) is 3.90. The molecule has 2 rings (SSSR count). The van der Waals surface area contributed by atoms with E-state index in [1.807, 2.05) is 24.3 Å². The maximum atomic E-state index is 12.9. The first-order valence-corrected chi connectivity index (χ1v) is 8.59. The van der Waals surface area contributed by atoms with Gasteiger partial charge in [0.1, 0.15) is 0 Å². The molecule has 0 atom stereocenters. The lowest BCUT2D eigenvalue weighted by Crippen LogP contribution is -2.06. The molecule has 0 fully saturated rings. The lowest BCUT2D eigenvalue weighted by molar-refractivity contribution is 0.103. The number of hydrogen-bond donors (Lipinski definition) is 0. The predicted octanol–water partition coefficient (Wildman–Crippen LogP) is 6.29. The van der Waals surface area contributed by atoms with Gasteiger partial charge in [-0.25, -0.2) is 0 Å². The van der Waals surface area contributed by atoms with Crippen LogP contribution in [-0.4, -0.2) is 5.78 Å². The average Bonchev–Trinajstić information content (AvgIpc) is 2.53. The quantitative estimate of drug-likeness (QED) is 0.593. The maximum Gasteiger partial charge on any atom is 0.193 e. The number of ketones is 1. The number of carbonyl (C=O) groups excluding carboxylic acids is 1. The Balaban J connectivity index is 2.44. The Labute approximate surface area is 140 Å². The van der Waals surface area contributed by atoms with E-state index in [-0.39, 0.29) is 5.78 Å². The van der Waals surface area contributed by atoms with E-state index in [0.717, 1.165) is 11.1 Å². The molecule has 0 aromatic heterocycles. The zero-order valence-electron chi connectivity index (χ0n) is 15.2. The summed E-state index contributed by atoms with van der Waals surface area (Å²) in [4.78, 5) is 12.9. The second kappa shape index (κ2) is 7.12. The molecule has 0 unspecified atom stereocenters. The smallest absolute Gasteiger partial charge is 0.193 e. The fraction of sp³-hybridized carbons (Fsp3) is 0.409. The largest absolute Gasteiger partial charge is 0.289 e. The number of hydrogen-bond acceptors (Lipinski definition) is 1. The molecule has 0 aliphatic rings. The molecule has 0 saturated carbocycles. The summed E-state index contributed by atoms with van der Waals surface area (Å²) >= 11 is 0. The van der Waals surface area contributed by atoms with Crippen LogP contribution in [0.15, 0.2) is 42.5 Å². The van der Waals surface area contributed by atoms with E-state index in [1.165, 1.54) is 16.7 Å². The zero-order chi connectivity index (χ0) is 17.1. The number of benzene rings is 2. The van der Waals surface area contributed by atoms with Crippen LogP contribution in [-0.2, 0) is 0 Å². The van der Waals surface area contributed by atoms with Gasteiger partial charge in [-0.05, 0) is 46.6 Å². The minimum absolute atomic E-state index is 0.115. The van der Waals surface area contributed by atoms with Gasteiger partial charge in [0.15, 0.2) is 5.78 Å². The summed E-state index contributed by atoms with van der Waals surface area (Å²) < 4.78 is 0. The van der Waals surface area contributed by atoms with Gasteiger partial charge in [0, 0.05) is 11.1 Å². The van der Waals surface area contributed by atoms with Crippen molar-refractivity contribution in [2.75, 3.05) is 0 Å². The summed E-state index contributed by atoms with van der Waals surface area (Å²) in [5, 5.41) is 0. The van der Waals surface area contributed by atoms with Crippen molar-refractivity contribution in [2.45, 2.75) is 59.3 Å². The first-order chi connectivity index (χ1) is 10.8. The highest BCUT2D eigenvalue weighted by atomic mass is 16.1. The SMILES string of the molecule is CC(C)c1cccc(C(=O)c2ccc(C(C)C)c(C(C)C)c2)c1. The lowest BCUT2D eigenvalue weighted by Gasteiger charge is -2.17. The Hall–Kier alpha value is -1.89. The van der Waals surface area contributed by atoms with Gasteiger partial charge in [0.2, 0.25) is 0 Å². The minimum Gasteiger partial charge on any atom is -0.289 e. The van der Waals surface area contributed by atoms with Crippen molar-refractivity contribution in [1.82, 2.24) is 0 Å². The standard InChI is InChI=1S/C22H28O/c1-14(2)17-8-7-9-18(12-17)22(23)19-10-11-20(15(3)4)21(13-19)16(5)6/h7-16H,1-6H3. The highest BCUT2D eigenvalue weighted by molar-refractivity contribution is 6.09. The normalized spacial score (nSPS) is 11.5. The van der Waals surface area contributed by atoms with Gasteiger partial charge in [-0.3, -0.25) is 4.79 Å². The van der Waals surface area contributed by atoms with E-state index in [2.05, 4.69) is 59.7 Å². The molecule has 0 amide bonds. The van der Waals surface area contributed by atoms with E-state index in [4.69, 9.17) is 0 Å². The van der Waals surface area contributed by atoms with Crippen molar-refractivity contribution in [3.8, 4) is 0 Å². The fourth-order valence-corrected chi connectivity index (χ4v) is 2.95. The molecule has 122 valence electrons. The van der Waals surface area contributed by atoms with E-state index in [9.17, 15) is 4.79 Å². The van der Waals surface area contributed by atoms with Crippen LogP contribution in [0.3, 0.4) is 0 Å². The molecule has 0 saturated heterocycles. The molecule has 0 heterocycles. The molecule has 0 N–H and O–H groups in total. The first-order valence-electron chi connectivity index (χ1n) is 8.59. The van der Waals surface area contributed by atoms with Crippen LogP contribution in [0.2, 0.25) is 0 Å². The third-order valence-corrected chi connectivity index (χ3v) is 4.41. The summed E-state index contributed by atoms with van der Waals surface area (Å²) in [5.41, 5.74) is 5.40. The van der Waals surface area contributed by atoms with Crippen LogP contribution in [0.1, 0.15) is 91.9 Å². The van der Waals surface area contributed by atoms with Gasteiger partial charge >= 0.3 is 0 Å². The van der Waals surface area contributed by atoms with Gasteiger partial charge in [0.25, 0.3) is 0 Å². The molecule has 0 aliphatic carbocycles. The second-order valence-corrected chi connectivity index (χ2v) is 7.26. The number of carbonyl (C=O) groups is 1. The first kappa shape index (κ1) is 17.5. The maximum absolute atomic E-state index is 12.9. The van der Waals surface area contributed by atoms with Crippen molar-refractivity contribution >= 4 is 5.78 Å². The van der Waals surface area contributed by atoms with Crippen LogP contribution in [0.4, 0.5) is 0 Å². The van der Waals surface area contributed by atoms with E-state index in [1.54, 1.807) is 0 Å². The Morgan fingerprint density at radius 2 is 1.30 bits per heavy atom.